The molecule has 2 N–H and O–H groups in total. The molecule has 1 atom stereocenters. The highest BCUT2D eigenvalue weighted by Gasteiger charge is 2.32. The van der Waals surface area contributed by atoms with Gasteiger partial charge in [0, 0.05) is 12.1 Å². The Bertz CT molecular complexity index is 537. The molecule has 2 aromatic rings. The minimum Gasteiger partial charge on any atom is -0.397 e. The zero-order chi connectivity index (χ0) is 11.3. The second kappa shape index (κ2) is 3.24. The first kappa shape index (κ1) is 9.70. The first-order valence-corrected chi connectivity index (χ1v) is 5.92. The maximum absolute atomic E-state index is 6.14. The molecule has 16 heavy (non-hydrogen) atoms. The fraction of sp³-hybridized carbons (Fsp3) is 0.462. The summed E-state index contributed by atoms with van der Waals surface area (Å²) >= 11 is 0. The van der Waals surface area contributed by atoms with Crippen molar-refractivity contribution in [2.75, 3.05) is 5.73 Å². The molecule has 1 saturated carbocycles. The summed E-state index contributed by atoms with van der Waals surface area (Å²) in [6.45, 7) is 4.40. The molecule has 1 fully saturated rings. The Morgan fingerprint density at radius 1 is 1.50 bits per heavy atom. The first-order chi connectivity index (χ1) is 7.70. The van der Waals surface area contributed by atoms with Crippen molar-refractivity contribution in [2.24, 2.45) is 5.92 Å². The van der Waals surface area contributed by atoms with Crippen molar-refractivity contribution in [2.45, 2.75) is 32.6 Å². The van der Waals surface area contributed by atoms with Gasteiger partial charge in [0.25, 0.3) is 0 Å². The van der Waals surface area contributed by atoms with Crippen LogP contribution in [0.4, 0.5) is 5.69 Å². The van der Waals surface area contributed by atoms with Gasteiger partial charge in [-0.2, -0.15) is 5.10 Å². The highest BCUT2D eigenvalue weighted by molar-refractivity contribution is 5.75. The van der Waals surface area contributed by atoms with E-state index in [0.717, 1.165) is 17.1 Å². The largest absolute Gasteiger partial charge is 0.397 e. The van der Waals surface area contributed by atoms with E-state index in [2.05, 4.69) is 18.9 Å². The average Bonchev–Trinajstić information content (AvgIpc) is 3.09. The lowest BCUT2D eigenvalue weighted by Gasteiger charge is -2.11. The minimum absolute atomic E-state index is 0.569. The third-order valence-corrected chi connectivity index (χ3v) is 3.80. The Hall–Kier alpha value is -1.51. The molecule has 84 valence electrons. The van der Waals surface area contributed by atoms with Gasteiger partial charge in [-0.15, -0.1) is 0 Å². The zero-order valence-electron chi connectivity index (χ0n) is 9.77. The molecule has 2 heterocycles. The molecule has 0 aliphatic heterocycles. The van der Waals surface area contributed by atoms with Crippen molar-refractivity contribution in [1.82, 2.24) is 9.61 Å². The van der Waals surface area contributed by atoms with Crippen LogP contribution in [0.3, 0.4) is 0 Å². The molecule has 0 aromatic carbocycles. The Morgan fingerprint density at radius 2 is 2.25 bits per heavy atom. The summed E-state index contributed by atoms with van der Waals surface area (Å²) in [5, 5.41) is 4.43. The van der Waals surface area contributed by atoms with Gasteiger partial charge in [0.15, 0.2) is 0 Å². The van der Waals surface area contributed by atoms with E-state index < -0.39 is 0 Å². The lowest BCUT2D eigenvalue weighted by Crippen LogP contribution is -2.04. The molecule has 3 nitrogen and oxygen atoms in total. The van der Waals surface area contributed by atoms with Crippen LogP contribution in [0.2, 0.25) is 0 Å². The van der Waals surface area contributed by atoms with Gasteiger partial charge in [-0.3, -0.25) is 0 Å². The molecule has 0 saturated heterocycles. The normalized spacial score (nSPS) is 17.9. The first-order valence-electron chi connectivity index (χ1n) is 5.92. The van der Waals surface area contributed by atoms with E-state index >= 15 is 0 Å². The van der Waals surface area contributed by atoms with E-state index in [1.165, 1.54) is 24.1 Å². The molecule has 3 heteroatoms. The fourth-order valence-corrected chi connectivity index (χ4v) is 2.61. The summed E-state index contributed by atoms with van der Waals surface area (Å²) in [6.07, 6.45) is 4.52. The van der Waals surface area contributed by atoms with Gasteiger partial charge in [0.1, 0.15) is 0 Å². The van der Waals surface area contributed by atoms with Crippen molar-refractivity contribution >= 4 is 11.2 Å². The van der Waals surface area contributed by atoms with Crippen LogP contribution in [-0.2, 0) is 0 Å². The summed E-state index contributed by atoms with van der Waals surface area (Å²) in [6, 6.07) is 3.98. The highest BCUT2D eigenvalue weighted by Crippen LogP contribution is 2.44. The van der Waals surface area contributed by atoms with E-state index in [1.807, 2.05) is 22.8 Å². The number of hydrogen-bond donors (Lipinski definition) is 1. The van der Waals surface area contributed by atoms with E-state index in [4.69, 9.17) is 5.73 Å². The highest BCUT2D eigenvalue weighted by atomic mass is 15.2. The molecule has 1 aliphatic rings. The zero-order valence-corrected chi connectivity index (χ0v) is 9.77. The van der Waals surface area contributed by atoms with Crippen LogP contribution in [0.5, 0.6) is 0 Å². The van der Waals surface area contributed by atoms with Gasteiger partial charge < -0.3 is 5.73 Å². The standard InChI is InChI=1S/C13H17N3/c1-8(10-5-6-10)13-9(2)12(14)11-4-3-7-15-16(11)13/h3-4,7-8,10H,5-6,14H2,1-2H3/t8-/m0/s1. The van der Waals surface area contributed by atoms with Crippen LogP contribution in [-0.4, -0.2) is 9.61 Å². The van der Waals surface area contributed by atoms with Crippen LogP contribution in [0.25, 0.3) is 5.52 Å². The summed E-state index contributed by atoms with van der Waals surface area (Å²) in [5.41, 5.74) is 10.6. The average molecular weight is 215 g/mol. The number of fused-ring (bicyclic) bond motifs is 1. The predicted molar refractivity (Wildman–Crippen MR) is 65.5 cm³/mol. The molecular formula is C13H17N3. The van der Waals surface area contributed by atoms with Crippen molar-refractivity contribution in [3.05, 3.63) is 29.6 Å². The number of nitrogens with two attached hydrogens (primary N) is 1. The Labute approximate surface area is 95.3 Å². The second-order valence-electron chi connectivity index (χ2n) is 4.87. The third-order valence-electron chi connectivity index (χ3n) is 3.80. The number of nitrogens with zero attached hydrogens (tertiary/aromatic N) is 2. The van der Waals surface area contributed by atoms with Crippen LogP contribution in [0, 0.1) is 12.8 Å². The number of hydrogen-bond acceptors (Lipinski definition) is 2. The van der Waals surface area contributed by atoms with Crippen molar-refractivity contribution in [1.29, 1.82) is 0 Å². The molecule has 3 rings (SSSR count). The lowest BCUT2D eigenvalue weighted by atomic mass is 9.99. The van der Waals surface area contributed by atoms with E-state index in [0.29, 0.717) is 5.92 Å². The van der Waals surface area contributed by atoms with Gasteiger partial charge >= 0.3 is 0 Å². The second-order valence-corrected chi connectivity index (χ2v) is 4.87. The van der Waals surface area contributed by atoms with Crippen molar-refractivity contribution in [3.63, 3.8) is 0 Å². The maximum atomic E-state index is 6.14. The van der Waals surface area contributed by atoms with E-state index in [-0.39, 0.29) is 0 Å². The van der Waals surface area contributed by atoms with E-state index in [1.54, 1.807) is 0 Å². The van der Waals surface area contributed by atoms with E-state index in [9.17, 15) is 0 Å². The summed E-state index contributed by atoms with van der Waals surface area (Å²) in [4.78, 5) is 0. The number of rotatable bonds is 2. The number of anilines is 1. The van der Waals surface area contributed by atoms with Gasteiger partial charge in [0.2, 0.25) is 0 Å². The van der Waals surface area contributed by atoms with Crippen LogP contribution >= 0.6 is 0 Å². The van der Waals surface area contributed by atoms with Gasteiger partial charge in [-0.05, 0) is 43.4 Å². The summed E-state index contributed by atoms with van der Waals surface area (Å²) < 4.78 is 2.02. The Morgan fingerprint density at radius 3 is 2.94 bits per heavy atom. The molecule has 0 amide bonds. The quantitative estimate of drug-likeness (QED) is 0.837. The number of aromatic nitrogens is 2. The fourth-order valence-electron chi connectivity index (χ4n) is 2.61. The minimum atomic E-state index is 0.569. The molecule has 0 radical (unpaired) electrons. The maximum Gasteiger partial charge on any atom is 0.0882 e. The van der Waals surface area contributed by atoms with Crippen LogP contribution in [0.1, 0.15) is 36.9 Å². The van der Waals surface area contributed by atoms with Gasteiger partial charge in [0.05, 0.1) is 16.9 Å². The lowest BCUT2D eigenvalue weighted by molar-refractivity contribution is 0.619. The van der Waals surface area contributed by atoms with Gasteiger partial charge in [-0.25, -0.2) is 4.52 Å². The molecule has 1 aliphatic carbocycles. The van der Waals surface area contributed by atoms with Crippen LogP contribution < -0.4 is 5.73 Å². The molecular weight excluding hydrogens is 198 g/mol. The van der Waals surface area contributed by atoms with Crippen LogP contribution in [0.15, 0.2) is 18.3 Å². The molecule has 0 unspecified atom stereocenters. The molecule has 2 aromatic heterocycles. The molecule has 0 spiro atoms. The van der Waals surface area contributed by atoms with Crippen molar-refractivity contribution in [3.8, 4) is 0 Å². The topological polar surface area (TPSA) is 43.3 Å². The SMILES string of the molecule is Cc1c(N)c2cccnn2c1[C@@H](C)C1CC1. The summed E-state index contributed by atoms with van der Waals surface area (Å²) in [5.74, 6) is 1.40. The predicted octanol–water partition coefficient (Wildman–Crippen LogP) is 2.74. The van der Waals surface area contributed by atoms with Gasteiger partial charge in [-0.1, -0.05) is 6.92 Å². The summed E-state index contributed by atoms with van der Waals surface area (Å²) in [7, 11) is 0. The Balaban J connectivity index is 2.25. The number of nitrogen functional groups attached to an aromatic ring is 1. The van der Waals surface area contributed by atoms with Crippen molar-refractivity contribution < 1.29 is 0 Å². The molecule has 0 bridgehead atoms. The smallest absolute Gasteiger partial charge is 0.0882 e. The third kappa shape index (κ3) is 1.24. The monoisotopic (exact) mass is 215 g/mol. The Kier molecular flexibility index (Phi) is 1.96.